The van der Waals surface area contributed by atoms with E-state index in [1.807, 2.05) is 14.1 Å². The first-order valence-corrected chi connectivity index (χ1v) is 10.3. The molecule has 0 spiro atoms. The van der Waals surface area contributed by atoms with E-state index in [1.165, 1.54) is 25.0 Å². The Bertz CT molecular complexity index is 701. The van der Waals surface area contributed by atoms with Crippen LogP contribution in [0.3, 0.4) is 0 Å². The van der Waals surface area contributed by atoms with Gasteiger partial charge in [-0.3, -0.25) is 4.79 Å². The lowest BCUT2D eigenvalue weighted by Crippen LogP contribution is -2.51. The van der Waals surface area contributed by atoms with Crippen LogP contribution in [0.25, 0.3) is 0 Å². The van der Waals surface area contributed by atoms with Crippen molar-refractivity contribution in [2.45, 2.75) is 42.5 Å². The lowest BCUT2D eigenvalue weighted by molar-refractivity contribution is -0.121. The van der Waals surface area contributed by atoms with E-state index in [0.29, 0.717) is 6.54 Å². The molecule has 1 fully saturated rings. The fraction of sp³-hybridized carbons (Fsp3) is 0.588. The van der Waals surface area contributed by atoms with E-state index in [4.69, 9.17) is 11.6 Å². The second-order valence-corrected chi connectivity index (χ2v) is 8.82. The van der Waals surface area contributed by atoms with Gasteiger partial charge in [-0.15, -0.1) is 0 Å². The molecule has 0 aromatic heterocycles. The van der Waals surface area contributed by atoms with Crippen LogP contribution in [0.5, 0.6) is 0 Å². The summed E-state index contributed by atoms with van der Waals surface area (Å²) in [7, 11) is 0.361. The Morgan fingerprint density at radius 2 is 1.88 bits per heavy atom. The number of amides is 1. The number of likely N-dealkylation sites (N-methyl/N-ethyl adjacent to an activating group) is 1. The van der Waals surface area contributed by atoms with Gasteiger partial charge in [-0.1, -0.05) is 36.6 Å². The van der Waals surface area contributed by atoms with Gasteiger partial charge in [0.15, 0.2) is 0 Å². The Balaban J connectivity index is 1.81. The molecular weight excluding hydrogens is 362 g/mol. The molecule has 2 rings (SSSR count). The van der Waals surface area contributed by atoms with E-state index in [9.17, 15) is 13.2 Å². The third-order valence-electron chi connectivity index (χ3n) is 4.87. The number of halogens is 1. The molecular formula is C17H26ClN3O3S. The van der Waals surface area contributed by atoms with Crippen LogP contribution in [0.2, 0.25) is 5.02 Å². The number of benzene rings is 1. The smallest absolute Gasteiger partial charge is 0.242 e. The second-order valence-electron chi connectivity index (χ2n) is 6.68. The molecule has 25 heavy (non-hydrogen) atoms. The summed E-state index contributed by atoms with van der Waals surface area (Å²) in [6.07, 6.45) is 4.57. The highest BCUT2D eigenvalue weighted by atomic mass is 35.5. The quantitative estimate of drug-likeness (QED) is 0.715. The predicted octanol–water partition coefficient (Wildman–Crippen LogP) is 2.00. The van der Waals surface area contributed by atoms with E-state index < -0.39 is 10.0 Å². The van der Waals surface area contributed by atoms with Gasteiger partial charge < -0.3 is 10.2 Å². The lowest BCUT2D eigenvalue weighted by atomic mass is 9.96. The summed E-state index contributed by atoms with van der Waals surface area (Å²) in [6, 6.07) is 6.23. The molecule has 0 atom stereocenters. The van der Waals surface area contributed by atoms with Crippen LogP contribution in [0, 0.1) is 0 Å². The van der Waals surface area contributed by atoms with Gasteiger partial charge in [0, 0.05) is 25.0 Å². The molecule has 0 radical (unpaired) electrons. The van der Waals surface area contributed by atoms with E-state index in [-0.39, 0.29) is 34.3 Å². The number of nitrogens with zero attached hydrogens (tertiary/aromatic N) is 1. The molecule has 2 N–H and O–H groups in total. The van der Waals surface area contributed by atoms with E-state index in [1.54, 1.807) is 12.1 Å². The van der Waals surface area contributed by atoms with Crippen LogP contribution >= 0.6 is 11.6 Å². The van der Waals surface area contributed by atoms with E-state index >= 15 is 0 Å². The molecule has 8 heteroatoms. The standard InChI is InChI=1S/C17H26ClN3O3S/c1-21(2)17(10-5-6-11-17)13-19-16(22)9-12-20-25(23,24)15-8-4-3-7-14(15)18/h3-4,7-8,20H,5-6,9-13H2,1-2H3,(H,19,22). The summed E-state index contributed by atoms with van der Waals surface area (Å²) in [5.74, 6) is -0.157. The van der Waals surface area contributed by atoms with Gasteiger partial charge in [0.2, 0.25) is 15.9 Å². The van der Waals surface area contributed by atoms with Crippen LogP contribution in [-0.2, 0) is 14.8 Å². The fourth-order valence-corrected chi connectivity index (χ4v) is 4.76. The zero-order valence-electron chi connectivity index (χ0n) is 14.7. The highest BCUT2D eigenvalue weighted by molar-refractivity contribution is 7.89. The van der Waals surface area contributed by atoms with Crippen molar-refractivity contribution in [2.75, 3.05) is 27.2 Å². The molecule has 0 bridgehead atoms. The predicted molar refractivity (Wildman–Crippen MR) is 99.2 cm³/mol. The molecule has 1 saturated carbocycles. The van der Waals surface area contributed by atoms with Gasteiger partial charge in [-0.2, -0.15) is 0 Å². The first kappa shape index (κ1) is 20.2. The van der Waals surface area contributed by atoms with Gasteiger partial charge in [0.25, 0.3) is 0 Å². The van der Waals surface area contributed by atoms with Crippen LogP contribution in [-0.4, -0.2) is 51.9 Å². The summed E-state index contributed by atoms with van der Waals surface area (Å²) < 4.78 is 26.8. The third kappa shape index (κ3) is 5.17. The number of hydrogen-bond acceptors (Lipinski definition) is 4. The maximum Gasteiger partial charge on any atom is 0.242 e. The van der Waals surface area contributed by atoms with Crippen molar-refractivity contribution in [3.8, 4) is 0 Å². The third-order valence-corrected chi connectivity index (χ3v) is 6.83. The zero-order valence-corrected chi connectivity index (χ0v) is 16.3. The Kier molecular flexibility index (Phi) is 6.85. The van der Waals surface area contributed by atoms with Gasteiger partial charge >= 0.3 is 0 Å². The topological polar surface area (TPSA) is 78.5 Å². The molecule has 1 aliphatic carbocycles. The number of nitrogens with one attached hydrogen (secondary N) is 2. The first-order valence-electron chi connectivity index (χ1n) is 8.45. The molecule has 1 aromatic carbocycles. The van der Waals surface area contributed by atoms with Gasteiger partial charge in [-0.05, 0) is 39.1 Å². The van der Waals surface area contributed by atoms with Crippen molar-refractivity contribution in [1.82, 2.24) is 14.9 Å². The summed E-state index contributed by atoms with van der Waals surface area (Å²) in [5, 5.41) is 3.10. The number of sulfonamides is 1. The normalized spacial score (nSPS) is 17.0. The van der Waals surface area contributed by atoms with Crippen LogP contribution in [0.1, 0.15) is 32.1 Å². The first-order chi connectivity index (χ1) is 11.8. The Labute approximate surface area is 155 Å². The molecule has 140 valence electrons. The second kappa shape index (κ2) is 8.49. The summed E-state index contributed by atoms with van der Waals surface area (Å²) >= 11 is 5.91. The van der Waals surface area contributed by atoms with Crippen LogP contribution in [0.15, 0.2) is 29.2 Å². The zero-order chi connectivity index (χ0) is 18.5. The molecule has 1 aliphatic rings. The molecule has 6 nitrogen and oxygen atoms in total. The van der Waals surface area contributed by atoms with Crippen molar-refractivity contribution in [2.24, 2.45) is 0 Å². The number of hydrogen-bond donors (Lipinski definition) is 2. The van der Waals surface area contributed by atoms with Gasteiger partial charge in [0.05, 0.1) is 5.02 Å². The minimum Gasteiger partial charge on any atom is -0.354 e. The summed E-state index contributed by atoms with van der Waals surface area (Å²) in [5.41, 5.74) is 0.0206. The van der Waals surface area contributed by atoms with Crippen LogP contribution < -0.4 is 10.0 Å². The highest BCUT2D eigenvalue weighted by Gasteiger charge is 2.36. The maximum atomic E-state index is 12.2. The number of carbonyl (C=O) groups excluding carboxylic acids is 1. The maximum absolute atomic E-state index is 12.2. The molecule has 1 aromatic rings. The van der Waals surface area contributed by atoms with Crippen molar-refractivity contribution in [3.63, 3.8) is 0 Å². The minimum atomic E-state index is -3.71. The SMILES string of the molecule is CN(C)C1(CNC(=O)CCNS(=O)(=O)c2ccccc2Cl)CCCC1. The fourth-order valence-electron chi connectivity index (χ4n) is 3.21. The monoisotopic (exact) mass is 387 g/mol. The molecule has 1 amide bonds. The highest BCUT2D eigenvalue weighted by Crippen LogP contribution is 2.33. The molecule has 0 unspecified atom stereocenters. The lowest BCUT2D eigenvalue weighted by Gasteiger charge is -2.36. The molecule has 0 saturated heterocycles. The van der Waals surface area contributed by atoms with Crippen LogP contribution in [0.4, 0.5) is 0 Å². The largest absolute Gasteiger partial charge is 0.354 e. The van der Waals surface area contributed by atoms with E-state index in [0.717, 1.165) is 12.8 Å². The van der Waals surface area contributed by atoms with Crippen molar-refractivity contribution in [1.29, 1.82) is 0 Å². The summed E-state index contributed by atoms with van der Waals surface area (Å²) in [6.45, 7) is 0.629. The molecule has 0 aliphatic heterocycles. The van der Waals surface area contributed by atoms with Crippen molar-refractivity contribution < 1.29 is 13.2 Å². The Morgan fingerprint density at radius 3 is 2.48 bits per heavy atom. The van der Waals surface area contributed by atoms with Gasteiger partial charge in [0.1, 0.15) is 4.90 Å². The number of carbonyl (C=O) groups is 1. The van der Waals surface area contributed by atoms with Crippen molar-refractivity contribution in [3.05, 3.63) is 29.3 Å². The van der Waals surface area contributed by atoms with E-state index in [2.05, 4.69) is 14.9 Å². The minimum absolute atomic E-state index is 0.0206. The average Bonchev–Trinajstić information content (AvgIpc) is 3.03. The molecule has 0 heterocycles. The number of rotatable bonds is 8. The Morgan fingerprint density at radius 1 is 1.24 bits per heavy atom. The average molecular weight is 388 g/mol. The Hall–Kier alpha value is -1.15. The van der Waals surface area contributed by atoms with Gasteiger partial charge in [-0.25, -0.2) is 13.1 Å². The van der Waals surface area contributed by atoms with Crippen molar-refractivity contribution >= 4 is 27.5 Å². The summed E-state index contributed by atoms with van der Waals surface area (Å²) in [4.78, 5) is 14.3.